The van der Waals surface area contributed by atoms with E-state index in [-0.39, 0.29) is 46.2 Å². The van der Waals surface area contributed by atoms with Crippen LogP contribution in [0, 0.1) is 12.3 Å². The highest BCUT2D eigenvalue weighted by Gasteiger charge is 2.53. The zero-order chi connectivity index (χ0) is 43.1. The number of nitrogens with one attached hydrogen (secondary N) is 4. The number of carbonyl (C=O) groups is 3. The van der Waals surface area contributed by atoms with Crippen molar-refractivity contribution in [1.29, 1.82) is 0 Å². The van der Waals surface area contributed by atoms with Crippen molar-refractivity contribution in [2.24, 2.45) is 12.5 Å². The second-order valence-electron chi connectivity index (χ2n) is 17.4. The number of rotatable bonds is 13. The zero-order valence-electron chi connectivity index (χ0n) is 35.8. The van der Waals surface area contributed by atoms with Crippen molar-refractivity contribution in [1.82, 2.24) is 44.1 Å². The monoisotopic (exact) mass is 842 g/mol. The van der Waals surface area contributed by atoms with Crippen LogP contribution < -0.4 is 31.7 Å². The number of hydrogen-bond donors (Lipinski definition) is 4. The molecule has 5 aromatic rings. The lowest BCUT2D eigenvalue weighted by atomic mass is 9.60. The average molecular weight is 843 g/mol. The molecule has 4 aliphatic rings. The third-order valence-electron chi connectivity index (χ3n) is 13.1. The molecule has 2 saturated carbocycles. The molecule has 4 N–H and O–H groups in total. The maximum atomic E-state index is 13.6. The fourth-order valence-corrected chi connectivity index (χ4v) is 9.75. The summed E-state index contributed by atoms with van der Waals surface area (Å²) in [6.07, 6.45) is 11.5. The molecule has 2 aliphatic heterocycles. The van der Waals surface area contributed by atoms with Crippen LogP contribution in [0.25, 0.3) is 11.0 Å². The molecular formula is C44H54N14O4. The number of nitrogens with zero attached hydrogens (tertiary/aromatic N) is 10. The van der Waals surface area contributed by atoms with Gasteiger partial charge in [0.15, 0.2) is 11.6 Å². The Bertz CT molecular complexity index is 2560. The number of likely N-dealkylation sites (tertiary alicyclic amines) is 1. The molecular weight excluding hydrogens is 789 g/mol. The normalized spacial score (nSPS) is 17.8. The van der Waals surface area contributed by atoms with Crippen molar-refractivity contribution in [2.45, 2.75) is 70.9 Å². The van der Waals surface area contributed by atoms with Gasteiger partial charge in [0.1, 0.15) is 23.1 Å². The Balaban J connectivity index is 0.727. The molecule has 2 aliphatic carbocycles. The van der Waals surface area contributed by atoms with Crippen molar-refractivity contribution in [2.75, 3.05) is 79.0 Å². The standard InChI is InChI=1S/C44H54N14O4/c1-27-33-24-47-43(52-40(33)58(30-7-5-6-8-30)42(62)38(27)28(2)59)51-35-11-9-31(23-46-35)56-19-17-55(18-20-56)16-14-37(60)57-25-44(26-57)21-29(22-44)48-39-32(10-12-34(45-3)49-39)41(61)50-36-13-15-54(4)53-36/h9-13,15,23-24,29-30H,5-8,14,16-22,25-26H2,1-4H3,(H2,45,48,49)(H,50,53,61)(H,46,47,51,52). The van der Waals surface area contributed by atoms with Gasteiger partial charge in [-0.15, -0.1) is 0 Å². The third kappa shape index (κ3) is 8.18. The van der Waals surface area contributed by atoms with Crippen LogP contribution in [0.4, 0.5) is 34.9 Å². The van der Waals surface area contributed by atoms with Gasteiger partial charge in [-0.2, -0.15) is 10.1 Å². The molecule has 2 amide bonds. The van der Waals surface area contributed by atoms with Crippen molar-refractivity contribution >= 4 is 63.5 Å². The van der Waals surface area contributed by atoms with Crippen molar-refractivity contribution in [3.05, 3.63) is 76.0 Å². The van der Waals surface area contributed by atoms with Crippen LogP contribution in [0.3, 0.4) is 0 Å². The van der Waals surface area contributed by atoms with E-state index in [1.54, 1.807) is 60.9 Å². The first-order chi connectivity index (χ1) is 30.0. The Morgan fingerprint density at radius 3 is 2.34 bits per heavy atom. The minimum absolute atomic E-state index is 0.00652. The van der Waals surface area contributed by atoms with Crippen LogP contribution in [-0.4, -0.2) is 121 Å². The van der Waals surface area contributed by atoms with Crippen molar-refractivity contribution in [3.8, 4) is 0 Å². The molecule has 324 valence electrons. The van der Waals surface area contributed by atoms with E-state index in [1.165, 1.54) is 6.92 Å². The second kappa shape index (κ2) is 16.8. The number of aromatic nitrogens is 7. The smallest absolute Gasteiger partial charge is 0.263 e. The van der Waals surface area contributed by atoms with Crippen molar-refractivity contribution < 1.29 is 14.4 Å². The summed E-state index contributed by atoms with van der Waals surface area (Å²) in [5.41, 5.74) is 2.68. The molecule has 2 saturated heterocycles. The SMILES string of the molecule is CNc1ccc(C(=O)Nc2ccn(C)n2)c(NC2CC3(C2)CN(C(=O)CCN2CCN(c4ccc(Nc5ncc6c(C)c(C(C)=O)c(=O)n(C7CCCC7)c6n5)nc4)CC2)C3)n1. The van der Waals surface area contributed by atoms with E-state index in [0.717, 1.165) is 90.0 Å². The lowest BCUT2D eigenvalue weighted by Crippen LogP contribution is -2.66. The largest absolute Gasteiger partial charge is 0.373 e. The number of pyridine rings is 3. The van der Waals surface area contributed by atoms with Crippen LogP contribution in [-0.2, 0) is 11.8 Å². The van der Waals surface area contributed by atoms with Crippen LogP contribution in [0.1, 0.15) is 84.2 Å². The quantitative estimate of drug-likeness (QED) is 0.120. The van der Waals surface area contributed by atoms with Crippen LogP contribution in [0.15, 0.2) is 53.7 Å². The summed E-state index contributed by atoms with van der Waals surface area (Å²) in [5.74, 6) is 2.29. The topological polar surface area (TPSA) is 200 Å². The van der Waals surface area contributed by atoms with Gasteiger partial charge in [0.05, 0.1) is 23.0 Å². The van der Waals surface area contributed by atoms with Crippen LogP contribution in [0.2, 0.25) is 0 Å². The Labute approximate surface area is 359 Å². The van der Waals surface area contributed by atoms with Gasteiger partial charge in [-0.1, -0.05) is 12.8 Å². The number of carbonyl (C=O) groups excluding carboxylic acids is 3. The predicted molar refractivity (Wildman–Crippen MR) is 237 cm³/mol. The minimum Gasteiger partial charge on any atom is -0.373 e. The first-order valence-corrected chi connectivity index (χ1v) is 21.6. The lowest BCUT2D eigenvalue weighted by Gasteiger charge is -2.59. The first-order valence-electron chi connectivity index (χ1n) is 21.6. The zero-order valence-corrected chi connectivity index (χ0v) is 35.8. The van der Waals surface area contributed by atoms with Gasteiger partial charge >= 0.3 is 0 Å². The summed E-state index contributed by atoms with van der Waals surface area (Å²) >= 11 is 0. The fraction of sp³-hybridized carbons (Fsp3) is 0.477. The molecule has 0 bridgehead atoms. The van der Waals surface area contributed by atoms with Gasteiger partial charge in [-0.05, 0) is 69.4 Å². The molecule has 4 fully saturated rings. The van der Waals surface area contributed by atoms with Gasteiger partial charge in [-0.25, -0.2) is 15.0 Å². The van der Waals surface area contributed by atoms with Gasteiger partial charge in [0.25, 0.3) is 11.5 Å². The molecule has 0 aromatic carbocycles. The molecule has 9 rings (SSSR count). The second-order valence-corrected chi connectivity index (χ2v) is 17.4. The van der Waals surface area contributed by atoms with E-state index in [1.807, 2.05) is 23.2 Å². The highest BCUT2D eigenvalue weighted by atomic mass is 16.2. The van der Waals surface area contributed by atoms with E-state index in [2.05, 4.69) is 51.1 Å². The Morgan fingerprint density at radius 2 is 1.66 bits per heavy atom. The lowest BCUT2D eigenvalue weighted by molar-refractivity contribution is -0.150. The Hall–Kier alpha value is -6.43. The molecule has 7 heterocycles. The number of aryl methyl sites for hydroxylation is 2. The number of piperazine rings is 1. The molecule has 5 aromatic heterocycles. The number of amides is 2. The van der Waals surface area contributed by atoms with Gasteiger partial charge in [0, 0.05) is 108 Å². The Kier molecular flexibility index (Phi) is 11.1. The fourth-order valence-electron chi connectivity index (χ4n) is 9.75. The number of Topliss-reactive ketones (excluding diaryl/α,β-unsaturated/α-hetero) is 1. The third-order valence-corrected chi connectivity index (χ3v) is 13.1. The van der Waals surface area contributed by atoms with E-state index in [0.29, 0.717) is 57.8 Å². The first kappa shape index (κ1) is 40.9. The molecule has 0 radical (unpaired) electrons. The van der Waals surface area contributed by atoms with E-state index in [4.69, 9.17) is 4.98 Å². The maximum Gasteiger partial charge on any atom is 0.263 e. The molecule has 18 nitrogen and oxygen atoms in total. The van der Waals surface area contributed by atoms with E-state index >= 15 is 0 Å². The molecule has 18 heteroatoms. The predicted octanol–water partition coefficient (Wildman–Crippen LogP) is 4.59. The van der Waals surface area contributed by atoms with Gasteiger partial charge in [0.2, 0.25) is 11.9 Å². The average Bonchev–Trinajstić information content (AvgIpc) is 3.92. The minimum atomic E-state index is -0.276. The van der Waals surface area contributed by atoms with E-state index in [9.17, 15) is 19.2 Å². The molecule has 62 heavy (non-hydrogen) atoms. The number of ketones is 1. The molecule has 1 spiro atoms. The van der Waals surface area contributed by atoms with Gasteiger partial charge < -0.3 is 31.1 Å². The van der Waals surface area contributed by atoms with E-state index < -0.39 is 0 Å². The molecule has 0 unspecified atom stereocenters. The summed E-state index contributed by atoms with van der Waals surface area (Å²) in [6.45, 7) is 8.86. The highest BCUT2D eigenvalue weighted by Crippen LogP contribution is 2.49. The highest BCUT2D eigenvalue weighted by molar-refractivity contribution is 6.07. The molecule has 0 atom stereocenters. The van der Waals surface area contributed by atoms with Crippen molar-refractivity contribution in [3.63, 3.8) is 0 Å². The van der Waals surface area contributed by atoms with Gasteiger partial charge in [-0.3, -0.25) is 33.3 Å². The van der Waals surface area contributed by atoms with Crippen LogP contribution in [0.5, 0.6) is 0 Å². The summed E-state index contributed by atoms with van der Waals surface area (Å²) in [6, 6.07) is 9.40. The summed E-state index contributed by atoms with van der Waals surface area (Å²) in [5, 5.41) is 17.6. The number of hydrogen-bond acceptors (Lipinski definition) is 14. The summed E-state index contributed by atoms with van der Waals surface area (Å²) in [7, 11) is 3.60. The summed E-state index contributed by atoms with van der Waals surface area (Å²) in [4.78, 5) is 77.7. The Morgan fingerprint density at radius 1 is 0.903 bits per heavy atom. The summed E-state index contributed by atoms with van der Waals surface area (Å²) < 4.78 is 3.35. The number of fused-ring (bicyclic) bond motifs is 1. The maximum absolute atomic E-state index is 13.6. The van der Waals surface area contributed by atoms with Crippen LogP contribution >= 0.6 is 0 Å². The number of anilines is 6.